The molecule has 0 radical (unpaired) electrons. The number of aromatic nitrogens is 3. The minimum Gasteiger partial charge on any atom is -0.281 e. The first-order valence-corrected chi connectivity index (χ1v) is 8.19. The van der Waals surface area contributed by atoms with Crippen molar-refractivity contribution >= 4 is 21.1 Å². The number of aromatic amines is 1. The van der Waals surface area contributed by atoms with Crippen LogP contribution in [0.5, 0.6) is 0 Å². The van der Waals surface area contributed by atoms with E-state index in [4.69, 9.17) is 0 Å². The number of H-pyrrole nitrogens is 1. The molecule has 0 aliphatic heterocycles. The summed E-state index contributed by atoms with van der Waals surface area (Å²) >= 11 is 0. The molecule has 2 aromatic heterocycles. The van der Waals surface area contributed by atoms with Gasteiger partial charge in [0.1, 0.15) is 10.5 Å². The van der Waals surface area contributed by atoms with E-state index in [1.165, 1.54) is 13.1 Å². The third-order valence-electron chi connectivity index (χ3n) is 3.53. The van der Waals surface area contributed by atoms with Gasteiger partial charge in [0.15, 0.2) is 0 Å². The first-order chi connectivity index (χ1) is 10.1. The van der Waals surface area contributed by atoms with Crippen LogP contribution in [0.15, 0.2) is 26.7 Å². The summed E-state index contributed by atoms with van der Waals surface area (Å²) < 4.78 is 28.5. The molecule has 0 spiro atoms. The fourth-order valence-electron chi connectivity index (χ4n) is 1.86. The number of hydrogen-bond acceptors (Lipinski definition) is 5. The first-order valence-electron chi connectivity index (χ1n) is 6.70. The second-order valence-electron chi connectivity index (χ2n) is 5.70. The summed E-state index contributed by atoms with van der Waals surface area (Å²) in [7, 11) is -2.37. The van der Waals surface area contributed by atoms with Gasteiger partial charge < -0.3 is 0 Å². The van der Waals surface area contributed by atoms with E-state index in [0.717, 1.165) is 10.8 Å². The Hall–Kier alpha value is -2.00. The summed E-state index contributed by atoms with van der Waals surface area (Å²) in [5, 5.41) is 0.0410. The Morgan fingerprint density at radius 2 is 2.00 bits per heavy atom. The van der Waals surface area contributed by atoms with Gasteiger partial charge in [-0.15, -0.1) is 0 Å². The van der Waals surface area contributed by atoms with Crippen molar-refractivity contribution in [1.82, 2.24) is 19.3 Å². The van der Waals surface area contributed by atoms with Crippen molar-refractivity contribution in [2.45, 2.75) is 37.6 Å². The number of fused-ring (bicyclic) bond motifs is 1. The van der Waals surface area contributed by atoms with Crippen molar-refractivity contribution in [2.75, 3.05) is 0 Å². The molecular weight excluding hydrogens is 308 g/mol. The lowest BCUT2D eigenvalue weighted by Crippen LogP contribution is -2.42. The highest BCUT2D eigenvalue weighted by Gasteiger charge is 2.25. The molecule has 0 bridgehead atoms. The highest BCUT2D eigenvalue weighted by atomic mass is 32.2. The average Bonchev–Trinajstić information content (AvgIpc) is 2.43. The number of pyridine rings is 1. The molecule has 2 rings (SSSR count). The fraction of sp³-hybridized carbons (Fsp3) is 0.462. The van der Waals surface area contributed by atoms with Crippen LogP contribution in [0.25, 0.3) is 11.0 Å². The van der Waals surface area contributed by atoms with Crippen LogP contribution in [-0.4, -0.2) is 28.5 Å². The van der Waals surface area contributed by atoms with Crippen molar-refractivity contribution < 1.29 is 8.42 Å². The van der Waals surface area contributed by atoms with Crippen LogP contribution in [-0.2, 0) is 17.1 Å². The Morgan fingerprint density at radius 1 is 1.36 bits per heavy atom. The zero-order chi connectivity index (χ0) is 16.7. The van der Waals surface area contributed by atoms with Crippen molar-refractivity contribution in [3.8, 4) is 0 Å². The zero-order valence-corrected chi connectivity index (χ0v) is 13.6. The standard InChI is InChI=1S/C13H18N4O4S/c1-5-13(2,3)16-22(20,21)8-6-9-10(14-7-8)17(4)12(19)15-11(9)18/h6-7,16H,5H2,1-4H3,(H,15,18,19). The first kappa shape index (κ1) is 16.4. The lowest BCUT2D eigenvalue weighted by atomic mass is 10.0. The molecule has 0 saturated carbocycles. The topological polar surface area (TPSA) is 114 Å². The summed E-state index contributed by atoms with van der Waals surface area (Å²) in [4.78, 5) is 29.3. The molecule has 0 saturated heterocycles. The minimum absolute atomic E-state index is 0.0410. The second-order valence-corrected chi connectivity index (χ2v) is 7.39. The van der Waals surface area contributed by atoms with E-state index in [1.807, 2.05) is 6.92 Å². The third kappa shape index (κ3) is 2.95. The fourth-order valence-corrected chi connectivity index (χ4v) is 3.31. The summed E-state index contributed by atoms with van der Waals surface area (Å²) in [6, 6.07) is 1.22. The molecule has 0 aliphatic carbocycles. The Kier molecular flexibility index (Phi) is 3.96. The van der Waals surface area contributed by atoms with Gasteiger partial charge in [-0.3, -0.25) is 14.3 Å². The molecule has 8 nitrogen and oxygen atoms in total. The van der Waals surface area contributed by atoms with Gasteiger partial charge in [0.05, 0.1) is 5.39 Å². The molecule has 2 aromatic rings. The van der Waals surface area contributed by atoms with Gasteiger partial charge in [0, 0.05) is 18.8 Å². The summed E-state index contributed by atoms with van der Waals surface area (Å²) in [5.41, 5.74) is -1.77. The average molecular weight is 326 g/mol. The van der Waals surface area contributed by atoms with Gasteiger partial charge in [-0.2, -0.15) is 0 Å². The maximum absolute atomic E-state index is 12.4. The van der Waals surface area contributed by atoms with Gasteiger partial charge in [-0.1, -0.05) is 6.92 Å². The largest absolute Gasteiger partial charge is 0.329 e. The van der Waals surface area contributed by atoms with E-state index in [-0.39, 0.29) is 15.9 Å². The molecule has 0 amide bonds. The lowest BCUT2D eigenvalue weighted by molar-refractivity contribution is 0.439. The Bertz CT molecular complexity index is 941. The van der Waals surface area contributed by atoms with Gasteiger partial charge in [0.2, 0.25) is 10.0 Å². The molecule has 0 atom stereocenters. The SMILES string of the molecule is CCC(C)(C)NS(=O)(=O)c1cnc2c(c1)c(=O)[nH]c(=O)n2C. The number of nitrogens with zero attached hydrogens (tertiary/aromatic N) is 2. The van der Waals surface area contributed by atoms with Crippen LogP contribution in [0.3, 0.4) is 0 Å². The lowest BCUT2D eigenvalue weighted by Gasteiger charge is -2.24. The highest BCUT2D eigenvalue weighted by Crippen LogP contribution is 2.16. The van der Waals surface area contributed by atoms with Crippen LogP contribution in [0.2, 0.25) is 0 Å². The van der Waals surface area contributed by atoms with Crippen molar-refractivity contribution in [3.05, 3.63) is 33.1 Å². The second kappa shape index (κ2) is 5.33. The number of nitrogens with one attached hydrogen (secondary N) is 2. The molecule has 9 heteroatoms. The Labute approximate surface area is 127 Å². The predicted octanol–water partition coefficient (Wildman–Crippen LogP) is 0.0887. The predicted molar refractivity (Wildman–Crippen MR) is 82.3 cm³/mol. The molecule has 0 fully saturated rings. The molecule has 2 heterocycles. The normalized spacial score (nSPS) is 12.7. The quantitative estimate of drug-likeness (QED) is 0.826. The van der Waals surface area contributed by atoms with Crippen molar-refractivity contribution in [1.29, 1.82) is 0 Å². The van der Waals surface area contributed by atoms with Crippen molar-refractivity contribution in [3.63, 3.8) is 0 Å². The van der Waals surface area contributed by atoms with E-state index in [0.29, 0.717) is 6.42 Å². The van der Waals surface area contributed by atoms with E-state index in [9.17, 15) is 18.0 Å². The smallest absolute Gasteiger partial charge is 0.281 e. The number of hydrogen-bond donors (Lipinski definition) is 2. The zero-order valence-electron chi connectivity index (χ0n) is 12.8. The molecule has 120 valence electrons. The van der Waals surface area contributed by atoms with E-state index in [1.54, 1.807) is 13.8 Å². The van der Waals surface area contributed by atoms with Crippen LogP contribution in [0.1, 0.15) is 27.2 Å². The molecule has 0 aliphatic rings. The highest BCUT2D eigenvalue weighted by molar-refractivity contribution is 7.89. The minimum atomic E-state index is -3.81. The van der Waals surface area contributed by atoms with Crippen molar-refractivity contribution in [2.24, 2.45) is 7.05 Å². The maximum atomic E-state index is 12.4. The van der Waals surface area contributed by atoms with Gasteiger partial charge in [-0.05, 0) is 26.3 Å². The van der Waals surface area contributed by atoms with Gasteiger partial charge in [0.25, 0.3) is 5.56 Å². The van der Waals surface area contributed by atoms with Crippen LogP contribution >= 0.6 is 0 Å². The van der Waals surface area contributed by atoms with Gasteiger partial charge in [-0.25, -0.2) is 22.9 Å². The molecule has 0 aromatic carbocycles. The van der Waals surface area contributed by atoms with Crippen LogP contribution in [0.4, 0.5) is 0 Å². The Morgan fingerprint density at radius 3 is 2.59 bits per heavy atom. The van der Waals surface area contributed by atoms with E-state index >= 15 is 0 Å². The summed E-state index contributed by atoms with van der Waals surface area (Å²) in [5.74, 6) is 0. The Balaban J connectivity index is 2.64. The van der Waals surface area contributed by atoms with Crippen LogP contribution < -0.4 is 16.0 Å². The third-order valence-corrected chi connectivity index (χ3v) is 5.20. The number of rotatable bonds is 4. The van der Waals surface area contributed by atoms with E-state index < -0.39 is 26.8 Å². The summed E-state index contributed by atoms with van der Waals surface area (Å²) in [6.45, 7) is 5.38. The maximum Gasteiger partial charge on any atom is 0.329 e. The monoisotopic (exact) mass is 326 g/mol. The van der Waals surface area contributed by atoms with E-state index in [2.05, 4.69) is 14.7 Å². The van der Waals surface area contributed by atoms with Gasteiger partial charge >= 0.3 is 5.69 Å². The molecule has 2 N–H and O–H groups in total. The molecule has 22 heavy (non-hydrogen) atoms. The van der Waals surface area contributed by atoms with Crippen LogP contribution in [0, 0.1) is 0 Å². The molecule has 0 unspecified atom stereocenters. The number of sulfonamides is 1. The molecular formula is C13H18N4O4S. The number of aryl methyl sites for hydroxylation is 1. The summed E-state index contributed by atoms with van der Waals surface area (Å²) in [6.07, 6.45) is 1.73.